The first-order valence-corrected chi connectivity index (χ1v) is 11.9. The Morgan fingerprint density at radius 1 is 1.09 bits per heavy atom. The first kappa shape index (κ1) is 24.2. The zero-order valence-electron chi connectivity index (χ0n) is 18.8. The highest BCUT2D eigenvalue weighted by Crippen LogP contribution is 2.53. The third-order valence-electron chi connectivity index (χ3n) is 6.20. The van der Waals surface area contributed by atoms with Crippen LogP contribution in [0.2, 0.25) is 0 Å². The van der Waals surface area contributed by atoms with E-state index in [-0.39, 0.29) is 23.7 Å². The van der Waals surface area contributed by atoms with Gasteiger partial charge in [0.1, 0.15) is 0 Å². The second-order valence-electron chi connectivity index (χ2n) is 8.58. The van der Waals surface area contributed by atoms with E-state index < -0.39 is 24.5 Å². The summed E-state index contributed by atoms with van der Waals surface area (Å²) in [6.45, 7) is 5.50. The molecule has 0 aromatic heterocycles. The molecule has 0 unspecified atom stereocenters. The molecule has 4 nitrogen and oxygen atoms in total. The summed E-state index contributed by atoms with van der Waals surface area (Å²) in [5.41, 5.74) is 3.55. The molecule has 0 bridgehead atoms. The standard InChI is InChI=1S/C28H26BrFO4/c1-17(2)21-15-22(18-9-5-3-6-10-18)26(19-11-7-4-8-12-19)34-27(21)23-13-20(29)14-24(30)28(23)33-16-25(31)32/h3-14,21-22,26-27H,1,15-16H2,2H3,(H,31,32)/t21-,22-,26+,27+/m1/s1. The quantitative estimate of drug-likeness (QED) is 0.331. The number of carbonyl (C=O) groups is 1. The van der Waals surface area contributed by atoms with Gasteiger partial charge in [0.2, 0.25) is 0 Å². The maximum atomic E-state index is 15.0. The number of hydrogen-bond donors (Lipinski definition) is 1. The van der Waals surface area contributed by atoms with Crippen LogP contribution in [0.5, 0.6) is 5.75 Å². The van der Waals surface area contributed by atoms with E-state index in [2.05, 4.69) is 34.6 Å². The number of aliphatic carboxylic acids is 1. The Morgan fingerprint density at radius 2 is 1.71 bits per heavy atom. The first-order valence-electron chi connectivity index (χ1n) is 11.1. The minimum atomic E-state index is -1.18. The van der Waals surface area contributed by atoms with Crippen molar-refractivity contribution in [1.82, 2.24) is 0 Å². The Hall–Kier alpha value is -2.96. The molecule has 1 heterocycles. The van der Waals surface area contributed by atoms with Gasteiger partial charge in [0.25, 0.3) is 0 Å². The molecule has 176 valence electrons. The van der Waals surface area contributed by atoms with Crippen molar-refractivity contribution in [2.45, 2.75) is 31.5 Å². The van der Waals surface area contributed by atoms with Gasteiger partial charge >= 0.3 is 5.97 Å². The molecule has 34 heavy (non-hydrogen) atoms. The third-order valence-corrected chi connectivity index (χ3v) is 6.66. The lowest BCUT2D eigenvalue weighted by Gasteiger charge is -2.43. The van der Waals surface area contributed by atoms with Crippen LogP contribution >= 0.6 is 15.9 Å². The Morgan fingerprint density at radius 3 is 2.29 bits per heavy atom. The molecule has 3 aromatic rings. The average Bonchev–Trinajstić information content (AvgIpc) is 2.83. The van der Waals surface area contributed by atoms with Gasteiger partial charge in [-0.15, -0.1) is 0 Å². The first-order chi connectivity index (χ1) is 16.3. The largest absolute Gasteiger partial charge is 0.479 e. The highest BCUT2D eigenvalue weighted by molar-refractivity contribution is 9.10. The summed E-state index contributed by atoms with van der Waals surface area (Å²) < 4.78 is 27.7. The van der Waals surface area contributed by atoms with Crippen molar-refractivity contribution in [2.75, 3.05) is 6.61 Å². The number of benzene rings is 3. The van der Waals surface area contributed by atoms with Gasteiger partial charge in [0.15, 0.2) is 18.2 Å². The second kappa shape index (κ2) is 10.5. The van der Waals surface area contributed by atoms with Gasteiger partial charge < -0.3 is 14.6 Å². The van der Waals surface area contributed by atoms with E-state index >= 15 is 0 Å². The van der Waals surface area contributed by atoms with Crippen LogP contribution in [0.25, 0.3) is 0 Å². The normalized spacial score (nSPS) is 22.2. The van der Waals surface area contributed by atoms with Crippen LogP contribution in [0.1, 0.15) is 48.2 Å². The van der Waals surface area contributed by atoms with Gasteiger partial charge in [0, 0.05) is 21.9 Å². The minimum absolute atomic E-state index is 0.0573. The molecule has 1 aliphatic heterocycles. The topological polar surface area (TPSA) is 55.8 Å². The van der Waals surface area contributed by atoms with E-state index in [1.165, 1.54) is 6.07 Å². The summed E-state index contributed by atoms with van der Waals surface area (Å²) in [6, 6.07) is 23.2. The van der Waals surface area contributed by atoms with Crippen LogP contribution in [0.4, 0.5) is 4.39 Å². The number of carboxylic acids is 1. The fourth-order valence-corrected chi connectivity index (χ4v) is 5.11. The zero-order chi connectivity index (χ0) is 24.2. The fraction of sp³-hybridized carbons (Fsp3) is 0.250. The van der Waals surface area contributed by atoms with Crippen molar-refractivity contribution in [1.29, 1.82) is 0 Å². The summed E-state index contributed by atoms with van der Waals surface area (Å²) in [6.07, 6.45) is -0.132. The predicted octanol–water partition coefficient (Wildman–Crippen LogP) is 7.23. The molecular weight excluding hydrogens is 499 g/mol. The van der Waals surface area contributed by atoms with Crippen LogP contribution in [0.15, 0.2) is 89.4 Å². The molecule has 4 rings (SSSR count). The van der Waals surface area contributed by atoms with Crippen molar-refractivity contribution in [3.63, 3.8) is 0 Å². The summed E-state index contributed by atoms with van der Waals surface area (Å²) in [5, 5.41) is 9.11. The highest BCUT2D eigenvalue weighted by Gasteiger charge is 2.42. The maximum Gasteiger partial charge on any atom is 0.341 e. The maximum absolute atomic E-state index is 15.0. The Balaban J connectivity index is 1.82. The number of ether oxygens (including phenoxy) is 2. The molecule has 1 aliphatic rings. The summed E-state index contributed by atoms with van der Waals surface area (Å²) in [7, 11) is 0. The lowest BCUT2D eigenvalue weighted by Crippen LogP contribution is -2.32. The smallest absolute Gasteiger partial charge is 0.341 e. The van der Waals surface area contributed by atoms with Crippen molar-refractivity contribution >= 4 is 21.9 Å². The molecule has 3 aromatic carbocycles. The van der Waals surface area contributed by atoms with E-state index in [9.17, 15) is 9.18 Å². The van der Waals surface area contributed by atoms with E-state index in [4.69, 9.17) is 14.6 Å². The molecule has 1 saturated heterocycles. The fourth-order valence-electron chi connectivity index (χ4n) is 4.66. The molecule has 0 radical (unpaired) electrons. The number of rotatable bonds is 7. The molecule has 1 fully saturated rings. The van der Waals surface area contributed by atoms with Gasteiger partial charge in [0.05, 0.1) is 12.2 Å². The SMILES string of the molecule is C=C(C)[C@H]1C[C@H](c2ccccc2)[C@H](c2ccccc2)O[C@@H]1c1cc(Br)cc(F)c1OCC(=O)O. The number of hydrogen-bond acceptors (Lipinski definition) is 3. The van der Waals surface area contributed by atoms with E-state index in [0.717, 1.165) is 23.1 Å². The van der Waals surface area contributed by atoms with Crippen LogP contribution in [0.3, 0.4) is 0 Å². The molecule has 1 N–H and O–H groups in total. The van der Waals surface area contributed by atoms with Crippen molar-refractivity contribution in [2.24, 2.45) is 5.92 Å². The van der Waals surface area contributed by atoms with E-state index in [1.54, 1.807) is 6.07 Å². The summed E-state index contributed by atoms with van der Waals surface area (Å²) in [4.78, 5) is 11.1. The van der Waals surface area contributed by atoms with E-state index in [1.807, 2.05) is 55.5 Å². The lowest BCUT2D eigenvalue weighted by atomic mass is 9.74. The highest BCUT2D eigenvalue weighted by atomic mass is 79.9. The van der Waals surface area contributed by atoms with Crippen LogP contribution in [0, 0.1) is 11.7 Å². The van der Waals surface area contributed by atoms with Crippen LogP contribution in [-0.4, -0.2) is 17.7 Å². The van der Waals surface area contributed by atoms with Gasteiger partial charge in [-0.3, -0.25) is 0 Å². The van der Waals surface area contributed by atoms with Crippen molar-refractivity contribution < 1.29 is 23.8 Å². The molecule has 0 aliphatic carbocycles. The van der Waals surface area contributed by atoms with Crippen molar-refractivity contribution in [3.05, 3.63) is 112 Å². The molecule has 4 atom stereocenters. The molecule has 0 saturated carbocycles. The zero-order valence-corrected chi connectivity index (χ0v) is 20.4. The van der Waals surface area contributed by atoms with Crippen LogP contribution < -0.4 is 4.74 Å². The lowest BCUT2D eigenvalue weighted by molar-refractivity contribution is -0.139. The van der Waals surface area contributed by atoms with Gasteiger partial charge in [-0.2, -0.15) is 0 Å². The Bertz CT molecular complexity index is 1170. The predicted molar refractivity (Wildman–Crippen MR) is 132 cm³/mol. The number of halogens is 2. The van der Waals surface area contributed by atoms with Crippen molar-refractivity contribution in [3.8, 4) is 5.75 Å². The summed E-state index contributed by atoms with van der Waals surface area (Å²) >= 11 is 3.37. The van der Waals surface area contributed by atoms with Gasteiger partial charge in [-0.05, 0) is 36.6 Å². The van der Waals surface area contributed by atoms with E-state index in [0.29, 0.717) is 10.0 Å². The Kier molecular flexibility index (Phi) is 7.49. The molecular formula is C28H26BrFO4. The second-order valence-corrected chi connectivity index (χ2v) is 9.50. The molecule has 0 spiro atoms. The van der Waals surface area contributed by atoms with Gasteiger partial charge in [-0.1, -0.05) is 88.7 Å². The molecule has 6 heteroatoms. The minimum Gasteiger partial charge on any atom is -0.479 e. The number of carboxylic acid groups (broad SMARTS) is 1. The summed E-state index contributed by atoms with van der Waals surface area (Å²) in [5.74, 6) is -2.00. The Labute approximate surface area is 207 Å². The third kappa shape index (κ3) is 5.24. The molecule has 0 amide bonds. The average molecular weight is 525 g/mol. The van der Waals surface area contributed by atoms with Gasteiger partial charge in [-0.25, -0.2) is 9.18 Å². The van der Waals surface area contributed by atoms with Crippen LogP contribution in [-0.2, 0) is 9.53 Å². The monoisotopic (exact) mass is 524 g/mol.